The number of amides is 1. The second-order valence-electron chi connectivity index (χ2n) is 4.69. The summed E-state index contributed by atoms with van der Waals surface area (Å²) in [5, 5.41) is 4.09. The molecule has 0 saturated heterocycles. The molecule has 2 aliphatic carbocycles. The van der Waals surface area contributed by atoms with E-state index in [1.54, 1.807) is 0 Å². The van der Waals surface area contributed by atoms with Gasteiger partial charge in [-0.1, -0.05) is 6.92 Å². The number of primary amides is 1. The maximum Gasteiger partial charge on any atom is 0.237 e. The van der Waals surface area contributed by atoms with Crippen LogP contribution >= 0.6 is 11.8 Å². The van der Waals surface area contributed by atoms with E-state index in [0.717, 1.165) is 25.0 Å². The lowest BCUT2D eigenvalue weighted by molar-refractivity contribution is -0.124. The summed E-state index contributed by atoms with van der Waals surface area (Å²) in [5.41, 5.74) is 5.18. The first kappa shape index (κ1) is 11.3. The third-order valence-electron chi connectivity index (χ3n) is 3.40. The SMILES string of the molecule is CCSC1CCC(NC2CC2)(C(N)=O)C1. The van der Waals surface area contributed by atoms with E-state index in [9.17, 15) is 4.79 Å². The molecule has 0 heterocycles. The third-order valence-corrected chi connectivity index (χ3v) is 4.61. The minimum absolute atomic E-state index is 0.145. The van der Waals surface area contributed by atoms with Gasteiger partial charge < -0.3 is 11.1 Å². The van der Waals surface area contributed by atoms with Crippen molar-refractivity contribution in [3.8, 4) is 0 Å². The van der Waals surface area contributed by atoms with E-state index in [2.05, 4.69) is 12.2 Å². The summed E-state index contributed by atoms with van der Waals surface area (Å²) in [4.78, 5) is 11.6. The number of thioether (sulfide) groups is 1. The van der Waals surface area contributed by atoms with Gasteiger partial charge in [-0.15, -0.1) is 0 Å². The minimum atomic E-state index is -0.381. The van der Waals surface area contributed by atoms with Crippen LogP contribution < -0.4 is 11.1 Å². The van der Waals surface area contributed by atoms with E-state index < -0.39 is 0 Å². The Labute approximate surface area is 95.6 Å². The van der Waals surface area contributed by atoms with Gasteiger partial charge in [-0.25, -0.2) is 0 Å². The molecule has 86 valence electrons. The number of hydrogen-bond donors (Lipinski definition) is 2. The molecule has 2 aliphatic rings. The first-order chi connectivity index (χ1) is 7.16. The highest BCUT2D eigenvalue weighted by molar-refractivity contribution is 7.99. The molecule has 2 saturated carbocycles. The van der Waals surface area contributed by atoms with Gasteiger partial charge >= 0.3 is 0 Å². The molecule has 0 aromatic rings. The highest BCUT2D eigenvalue weighted by Gasteiger charge is 2.46. The molecule has 0 spiro atoms. The molecule has 2 fully saturated rings. The van der Waals surface area contributed by atoms with Crippen molar-refractivity contribution < 1.29 is 4.79 Å². The summed E-state index contributed by atoms with van der Waals surface area (Å²) in [5.74, 6) is 0.983. The van der Waals surface area contributed by atoms with Crippen LogP contribution in [0.5, 0.6) is 0 Å². The third kappa shape index (κ3) is 2.48. The van der Waals surface area contributed by atoms with E-state index >= 15 is 0 Å². The first-order valence-corrected chi connectivity index (χ1v) is 6.90. The number of carbonyl (C=O) groups is 1. The van der Waals surface area contributed by atoms with Crippen LogP contribution in [-0.2, 0) is 4.79 Å². The molecule has 3 N–H and O–H groups in total. The Bertz CT molecular complexity index is 255. The zero-order valence-electron chi connectivity index (χ0n) is 9.29. The number of carbonyl (C=O) groups excluding carboxylic acids is 1. The van der Waals surface area contributed by atoms with Crippen molar-refractivity contribution in [3.05, 3.63) is 0 Å². The quantitative estimate of drug-likeness (QED) is 0.745. The zero-order chi connectivity index (χ0) is 10.9. The topological polar surface area (TPSA) is 55.1 Å². The van der Waals surface area contributed by atoms with Gasteiger partial charge in [0.05, 0.1) is 5.54 Å². The van der Waals surface area contributed by atoms with Crippen LogP contribution in [0.2, 0.25) is 0 Å². The number of nitrogens with one attached hydrogen (secondary N) is 1. The zero-order valence-corrected chi connectivity index (χ0v) is 10.1. The van der Waals surface area contributed by atoms with Gasteiger partial charge in [0.2, 0.25) is 5.91 Å². The van der Waals surface area contributed by atoms with E-state index in [1.807, 2.05) is 11.8 Å². The molecule has 0 aromatic carbocycles. The van der Waals surface area contributed by atoms with Crippen LogP contribution in [0.4, 0.5) is 0 Å². The molecular formula is C11H20N2OS. The van der Waals surface area contributed by atoms with Crippen molar-refractivity contribution >= 4 is 17.7 Å². The monoisotopic (exact) mass is 228 g/mol. The molecular weight excluding hydrogens is 208 g/mol. The average molecular weight is 228 g/mol. The summed E-state index contributed by atoms with van der Waals surface area (Å²) in [7, 11) is 0. The standard InChI is InChI=1S/C11H20N2OS/c1-2-15-9-5-6-11(7-9,10(12)14)13-8-3-4-8/h8-9,13H,2-7H2,1H3,(H2,12,14). The maximum atomic E-state index is 11.6. The van der Waals surface area contributed by atoms with Crippen molar-refractivity contribution in [1.82, 2.24) is 5.32 Å². The lowest BCUT2D eigenvalue weighted by Crippen LogP contribution is -2.54. The molecule has 2 unspecified atom stereocenters. The van der Waals surface area contributed by atoms with Crippen LogP contribution in [0.3, 0.4) is 0 Å². The Kier molecular flexibility index (Phi) is 3.26. The van der Waals surface area contributed by atoms with Crippen molar-refractivity contribution in [2.45, 2.75) is 55.9 Å². The molecule has 15 heavy (non-hydrogen) atoms. The minimum Gasteiger partial charge on any atom is -0.368 e. The van der Waals surface area contributed by atoms with Crippen LogP contribution in [0.1, 0.15) is 39.0 Å². The largest absolute Gasteiger partial charge is 0.368 e. The van der Waals surface area contributed by atoms with Gasteiger partial charge in [-0.05, 0) is 37.9 Å². The first-order valence-electron chi connectivity index (χ1n) is 5.85. The molecule has 0 radical (unpaired) electrons. The number of nitrogens with two attached hydrogens (primary N) is 1. The molecule has 2 rings (SSSR count). The van der Waals surface area contributed by atoms with Crippen LogP contribution in [0.25, 0.3) is 0 Å². The number of rotatable bonds is 5. The van der Waals surface area contributed by atoms with Gasteiger partial charge in [0, 0.05) is 11.3 Å². The molecule has 0 aliphatic heterocycles. The highest BCUT2D eigenvalue weighted by atomic mass is 32.2. The highest BCUT2D eigenvalue weighted by Crippen LogP contribution is 2.39. The van der Waals surface area contributed by atoms with Crippen LogP contribution in [-0.4, -0.2) is 28.5 Å². The molecule has 3 nitrogen and oxygen atoms in total. The maximum absolute atomic E-state index is 11.6. The van der Waals surface area contributed by atoms with E-state index in [-0.39, 0.29) is 11.4 Å². The Hall–Kier alpha value is -0.220. The molecule has 0 aromatic heterocycles. The Balaban J connectivity index is 1.97. The second-order valence-corrected chi connectivity index (χ2v) is 6.26. The van der Waals surface area contributed by atoms with Gasteiger partial charge in [0.1, 0.15) is 0 Å². The van der Waals surface area contributed by atoms with Gasteiger partial charge in [0.15, 0.2) is 0 Å². The molecule has 2 atom stereocenters. The fourth-order valence-electron chi connectivity index (χ4n) is 2.42. The van der Waals surface area contributed by atoms with Crippen LogP contribution in [0.15, 0.2) is 0 Å². The fraction of sp³-hybridized carbons (Fsp3) is 0.909. The lowest BCUT2D eigenvalue weighted by atomic mass is 9.96. The van der Waals surface area contributed by atoms with Crippen molar-refractivity contribution in [3.63, 3.8) is 0 Å². The summed E-state index contributed by atoms with van der Waals surface area (Å²) in [6, 6.07) is 0.558. The lowest BCUT2D eigenvalue weighted by Gasteiger charge is -2.27. The summed E-state index contributed by atoms with van der Waals surface area (Å²) in [6.45, 7) is 2.17. The Morgan fingerprint density at radius 1 is 1.53 bits per heavy atom. The van der Waals surface area contributed by atoms with Gasteiger partial charge in [0.25, 0.3) is 0 Å². The normalized spacial score (nSPS) is 35.7. The Morgan fingerprint density at radius 3 is 2.80 bits per heavy atom. The average Bonchev–Trinajstić information content (AvgIpc) is 2.88. The van der Waals surface area contributed by atoms with Gasteiger partial charge in [-0.3, -0.25) is 4.79 Å². The second kappa shape index (κ2) is 4.34. The Morgan fingerprint density at radius 2 is 2.27 bits per heavy atom. The van der Waals surface area contributed by atoms with Crippen LogP contribution in [0, 0.1) is 0 Å². The predicted molar refractivity (Wildman–Crippen MR) is 63.9 cm³/mol. The molecule has 1 amide bonds. The molecule has 0 bridgehead atoms. The van der Waals surface area contributed by atoms with Crippen molar-refractivity contribution in [1.29, 1.82) is 0 Å². The van der Waals surface area contributed by atoms with E-state index in [1.165, 1.54) is 12.8 Å². The summed E-state index contributed by atoms with van der Waals surface area (Å²) < 4.78 is 0. The van der Waals surface area contributed by atoms with E-state index in [0.29, 0.717) is 11.3 Å². The fourth-order valence-corrected chi connectivity index (χ4v) is 3.58. The molecule has 4 heteroatoms. The van der Waals surface area contributed by atoms with Crippen molar-refractivity contribution in [2.24, 2.45) is 5.73 Å². The predicted octanol–water partition coefficient (Wildman–Crippen LogP) is 1.27. The van der Waals surface area contributed by atoms with E-state index in [4.69, 9.17) is 5.73 Å². The van der Waals surface area contributed by atoms with Crippen molar-refractivity contribution in [2.75, 3.05) is 5.75 Å². The summed E-state index contributed by atoms with van der Waals surface area (Å²) in [6.07, 6.45) is 5.40. The smallest absolute Gasteiger partial charge is 0.237 e. The summed E-state index contributed by atoms with van der Waals surface area (Å²) >= 11 is 1.96. The number of hydrogen-bond acceptors (Lipinski definition) is 3. The van der Waals surface area contributed by atoms with Gasteiger partial charge in [-0.2, -0.15) is 11.8 Å².